The largest absolute Gasteiger partial charge is 0.348 e. The van der Waals surface area contributed by atoms with E-state index < -0.39 is 0 Å². The van der Waals surface area contributed by atoms with E-state index in [0.717, 1.165) is 49.2 Å². The second-order valence-electron chi connectivity index (χ2n) is 5.00. The summed E-state index contributed by atoms with van der Waals surface area (Å²) in [5, 5.41) is 2.76. The summed E-state index contributed by atoms with van der Waals surface area (Å²) >= 11 is 11.5. The average Bonchev–Trinajstić information content (AvgIpc) is 2.85. The lowest BCUT2D eigenvalue weighted by Crippen LogP contribution is -2.36. The van der Waals surface area contributed by atoms with Gasteiger partial charge >= 0.3 is 0 Å². The number of anilines is 1. The summed E-state index contributed by atoms with van der Waals surface area (Å²) in [5.41, 5.74) is 1.78. The van der Waals surface area contributed by atoms with Gasteiger partial charge in [0.15, 0.2) is 5.13 Å². The van der Waals surface area contributed by atoms with Crippen molar-refractivity contribution in [2.45, 2.75) is 6.42 Å². The van der Waals surface area contributed by atoms with Crippen LogP contribution in [0.1, 0.15) is 6.42 Å². The van der Waals surface area contributed by atoms with Crippen LogP contribution in [-0.2, 0) is 0 Å². The van der Waals surface area contributed by atoms with Crippen LogP contribution in [-0.4, -0.2) is 23.1 Å². The molecule has 1 aromatic carbocycles. The first-order chi connectivity index (χ1) is 10.2. The van der Waals surface area contributed by atoms with Crippen molar-refractivity contribution in [3.63, 3.8) is 0 Å². The van der Waals surface area contributed by atoms with Gasteiger partial charge in [-0.2, -0.15) is 0 Å². The first kappa shape index (κ1) is 13.5. The molecule has 21 heavy (non-hydrogen) atoms. The standard InChI is InChI=1S/C15H11BrClN3S/c16-9-2-3-10-11(17)7-13(19-12(10)6-9)14-8-18-15(21-14)20-4-1-5-20/h2-3,6-8H,1,4-5H2. The molecule has 0 amide bonds. The summed E-state index contributed by atoms with van der Waals surface area (Å²) in [5.74, 6) is 0. The number of aromatic nitrogens is 2. The van der Waals surface area contributed by atoms with Crippen LogP contribution in [0.2, 0.25) is 5.02 Å². The quantitative estimate of drug-likeness (QED) is 0.627. The molecule has 3 nitrogen and oxygen atoms in total. The van der Waals surface area contributed by atoms with E-state index in [1.54, 1.807) is 11.3 Å². The van der Waals surface area contributed by atoms with Gasteiger partial charge in [-0.3, -0.25) is 0 Å². The van der Waals surface area contributed by atoms with Gasteiger partial charge in [-0.15, -0.1) is 0 Å². The Bertz CT molecular complexity index is 829. The molecule has 0 radical (unpaired) electrons. The predicted molar refractivity (Wildman–Crippen MR) is 92.4 cm³/mol. The molecule has 0 unspecified atom stereocenters. The normalized spacial score (nSPS) is 14.5. The summed E-state index contributed by atoms with van der Waals surface area (Å²) in [6.07, 6.45) is 3.14. The van der Waals surface area contributed by atoms with Crippen LogP contribution in [0.4, 0.5) is 5.13 Å². The van der Waals surface area contributed by atoms with Crippen molar-refractivity contribution in [3.8, 4) is 10.6 Å². The summed E-state index contributed by atoms with van der Waals surface area (Å²) in [7, 11) is 0. The Morgan fingerprint density at radius 2 is 2.10 bits per heavy atom. The number of fused-ring (bicyclic) bond motifs is 1. The number of rotatable bonds is 2. The summed E-state index contributed by atoms with van der Waals surface area (Å²) in [6, 6.07) is 7.87. The second kappa shape index (κ2) is 5.23. The predicted octanol–water partition coefficient (Wildman–Crippen LogP) is 4.98. The molecular formula is C15H11BrClN3S. The molecule has 1 aliphatic rings. The Morgan fingerprint density at radius 1 is 1.24 bits per heavy atom. The average molecular weight is 381 g/mol. The van der Waals surface area contributed by atoms with Crippen molar-refractivity contribution in [1.29, 1.82) is 0 Å². The van der Waals surface area contributed by atoms with Gasteiger partial charge in [0.1, 0.15) is 0 Å². The van der Waals surface area contributed by atoms with E-state index in [0.29, 0.717) is 0 Å². The number of thiazole rings is 1. The maximum absolute atomic E-state index is 6.39. The lowest BCUT2D eigenvalue weighted by molar-refractivity contribution is 0.616. The molecule has 0 aliphatic carbocycles. The van der Waals surface area contributed by atoms with E-state index in [9.17, 15) is 0 Å². The van der Waals surface area contributed by atoms with E-state index in [1.165, 1.54) is 6.42 Å². The SMILES string of the molecule is Clc1cc(-c2cnc(N3CCC3)s2)nc2cc(Br)ccc12. The maximum atomic E-state index is 6.39. The Kier molecular flexibility index (Phi) is 3.36. The monoisotopic (exact) mass is 379 g/mol. The van der Waals surface area contributed by atoms with Crippen molar-refractivity contribution < 1.29 is 0 Å². The van der Waals surface area contributed by atoms with Crippen LogP contribution in [0.3, 0.4) is 0 Å². The van der Waals surface area contributed by atoms with E-state index in [4.69, 9.17) is 16.6 Å². The van der Waals surface area contributed by atoms with Crippen molar-refractivity contribution in [2.24, 2.45) is 0 Å². The molecule has 0 atom stereocenters. The number of benzene rings is 1. The molecule has 1 fully saturated rings. The van der Waals surface area contributed by atoms with E-state index in [2.05, 4.69) is 25.8 Å². The number of hydrogen-bond acceptors (Lipinski definition) is 4. The highest BCUT2D eigenvalue weighted by atomic mass is 79.9. The minimum Gasteiger partial charge on any atom is -0.348 e. The number of pyridine rings is 1. The summed E-state index contributed by atoms with van der Waals surface area (Å²) in [6.45, 7) is 2.21. The van der Waals surface area contributed by atoms with E-state index in [1.807, 2.05) is 30.5 Å². The first-order valence-electron chi connectivity index (χ1n) is 6.68. The molecule has 6 heteroatoms. The molecule has 1 aliphatic heterocycles. The Hall–Kier alpha value is -1.17. The molecule has 2 aromatic heterocycles. The number of nitrogens with zero attached hydrogens (tertiary/aromatic N) is 3. The van der Waals surface area contributed by atoms with Crippen LogP contribution in [0.15, 0.2) is 34.9 Å². The second-order valence-corrected chi connectivity index (χ2v) is 7.33. The molecule has 0 bridgehead atoms. The van der Waals surface area contributed by atoms with Gasteiger partial charge in [0.2, 0.25) is 0 Å². The number of halogens is 2. The highest BCUT2D eigenvalue weighted by molar-refractivity contribution is 9.10. The van der Waals surface area contributed by atoms with Gasteiger partial charge in [-0.1, -0.05) is 44.9 Å². The zero-order valence-electron chi connectivity index (χ0n) is 11.0. The van der Waals surface area contributed by atoms with Gasteiger partial charge in [-0.25, -0.2) is 9.97 Å². The van der Waals surface area contributed by atoms with E-state index >= 15 is 0 Å². The van der Waals surface area contributed by atoms with Crippen LogP contribution in [0.25, 0.3) is 21.5 Å². The van der Waals surface area contributed by atoms with Gasteiger partial charge in [0.25, 0.3) is 0 Å². The third-order valence-electron chi connectivity index (χ3n) is 3.59. The summed E-state index contributed by atoms with van der Waals surface area (Å²) in [4.78, 5) is 12.6. The van der Waals surface area contributed by atoms with Crippen LogP contribution < -0.4 is 4.90 Å². The fraction of sp³-hybridized carbons (Fsp3) is 0.200. The molecule has 4 rings (SSSR count). The van der Waals surface area contributed by atoms with E-state index in [-0.39, 0.29) is 0 Å². The fourth-order valence-corrected chi connectivity index (χ4v) is 3.86. The van der Waals surface area contributed by atoms with Crippen molar-refractivity contribution in [3.05, 3.63) is 40.0 Å². The van der Waals surface area contributed by atoms with Crippen LogP contribution in [0, 0.1) is 0 Å². The lowest BCUT2D eigenvalue weighted by atomic mass is 10.2. The third-order valence-corrected chi connectivity index (χ3v) is 5.48. The zero-order chi connectivity index (χ0) is 14.4. The Labute approximate surface area is 139 Å². The third kappa shape index (κ3) is 2.43. The fourth-order valence-electron chi connectivity index (χ4n) is 2.32. The highest BCUT2D eigenvalue weighted by Gasteiger charge is 2.18. The maximum Gasteiger partial charge on any atom is 0.185 e. The van der Waals surface area contributed by atoms with Gasteiger partial charge in [0, 0.05) is 29.1 Å². The summed E-state index contributed by atoms with van der Waals surface area (Å²) < 4.78 is 1.00. The Morgan fingerprint density at radius 3 is 2.86 bits per heavy atom. The van der Waals surface area contributed by atoms with Gasteiger partial charge in [-0.05, 0) is 24.6 Å². The van der Waals surface area contributed by atoms with Crippen molar-refractivity contribution in [1.82, 2.24) is 9.97 Å². The molecule has 106 valence electrons. The highest BCUT2D eigenvalue weighted by Crippen LogP contribution is 2.35. The topological polar surface area (TPSA) is 29.0 Å². The van der Waals surface area contributed by atoms with Crippen LogP contribution in [0.5, 0.6) is 0 Å². The van der Waals surface area contributed by atoms with Crippen molar-refractivity contribution >= 4 is 54.9 Å². The molecule has 0 N–H and O–H groups in total. The number of hydrogen-bond donors (Lipinski definition) is 0. The smallest absolute Gasteiger partial charge is 0.185 e. The molecule has 1 saturated heterocycles. The van der Waals surface area contributed by atoms with Gasteiger partial charge in [0.05, 0.1) is 21.1 Å². The minimum absolute atomic E-state index is 0.724. The molecular weight excluding hydrogens is 370 g/mol. The van der Waals surface area contributed by atoms with Gasteiger partial charge < -0.3 is 4.90 Å². The molecule has 3 heterocycles. The lowest BCUT2D eigenvalue weighted by Gasteiger charge is -2.30. The molecule has 0 saturated carbocycles. The Balaban J connectivity index is 1.80. The van der Waals surface area contributed by atoms with Crippen LogP contribution >= 0.6 is 38.9 Å². The molecule has 0 spiro atoms. The minimum atomic E-state index is 0.724. The first-order valence-corrected chi connectivity index (χ1v) is 8.66. The molecule has 3 aromatic rings. The van der Waals surface area contributed by atoms with Crippen molar-refractivity contribution in [2.75, 3.05) is 18.0 Å². The zero-order valence-corrected chi connectivity index (χ0v) is 14.2.